The van der Waals surface area contributed by atoms with Gasteiger partial charge in [0.15, 0.2) is 0 Å². The Bertz CT molecular complexity index is 886. The van der Waals surface area contributed by atoms with Gasteiger partial charge in [0.1, 0.15) is 5.56 Å². The maximum Gasteiger partial charge on any atom is 0.437 e. The van der Waals surface area contributed by atoms with Crippen molar-refractivity contribution in [1.29, 1.82) is 0 Å². The molecule has 0 saturated heterocycles. The van der Waals surface area contributed by atoms with Gasteiger partial charge < -0.3 is 9.36 Å². The maximum atomic E-state index is 12.8. The molecule has 0 aliphatic carbocycles. The van der Waals surface area contributed by atoms with E-state index in [0.29, 0.717) is 0 Å². The molecule has 0 radical (unpaired) electrons. The van der Waals surface area contributed by atoms with E-state index >= 15 is 0 Å². The molecule has 0 unspecified atom stereocenters. The summed E-state index contributed by atoms with van der Waals surface area (Å²) >= 11 is 0. The summed E-state index contributed by atoms with van der Waals surface area (Å²) < 4.78 is 68.0. The molecule has 3 rings (SSSR count). The van der Waals surface area contributed by atoms with Crippen molar-refractivity contribution < 1.29 is 45.7 Å². The lowest BCUT2D eigenvalue weighted by molar-refractivity contribution is -0.143. The standard InChI is InChI=1S/C14H5F5N2O5/c15-10(16)8-7(9(20-25-8)14(17,18)19)13(24)26-21-11(22)5-3-1-2-4-6(5)12(21)23/h1-4,10H. The molecule has 2 amide bonds. The van der Waals surface area contributed by atoms with Crippen LogP contribution in [0.15, 0.2) is 28.8 Å². The van der Waals surface area contributed by atoms with Crippen LogP contribution in [0.1, 0.15) is 49.0 Å². The number of rotatable bonds is 3. The van der Waals surface area contributed by atoms with Crippen LogP contribution in [0.2, 0.25) is 0 Å². The van der Waals surface area contributed by atoms with Gasteiger partial charge in [-0.25, -0.2) is 13.6 Å². The van der Waals surface area contributed by atoms with Crippen molar-refractivity contribution >= 4 is 17.8 Å². The number of aromatic nitrogens is 1. The van der Waals surface area contributed by atoms with Gasteiger partial charge in [-0.1, -0.05) is 22.4 Å². The van der Waals surface area contributed by atoms with Crippen LogP contribution in [-0.2, 0) is 11.0 Å². The smallest absolute Gasteiger partial charge is 0.354 e. The van der Waals surface area contributed by atoms with Crippen LogP contribution in [0.3, 0.4) is 0 Å². The Morgan fingerprint density at radius 1 is 1.12 bits per heavy atom. The SMILES string of the molecule is O=C(ON1C(=O)c2ccccc2C1=O)c1c(C(F)(F)F)noc1C(F)F. The van der Waals surface area contributed by atoms with Crippen molar-refractivity contribution in [2.45, 2.75) is 12.6 Å². The van der Waals surface area contributed by atoms with E-state index < -0.39 is 47.4 Å². The minimum atomic E-state index is -5.31. The topological polar surface area (TPSA) is 89.7 Å². The lowest BCUT2D eigenvalue weighted by Gasteiger charge is -2.13. The molecule has 136 valence electrons. The first kappa shape index (κ1) is 17.5. The van der Waals surface area contributed by atoms with E-state index in [1.54, 1.807) is 0 Å². The molecular formula is C14H5F5N2O5. The summed E-state index contributed by atoms with van der Waals surface area (Å²) in [5, 5.41) is 2.30. The van der Waals surface area contributed by atoms with Crippen molar-refractivity contribution in [3.05, 3.63) is 52.4 Å². The maximum absolute atomic E-state index is 12.8. The summed E-state index contributed by atoms with van der Waals surface area (Å²) in [5.41, 5.74) is -4.11. The Morgan fingerprint density at radius 2 is 1.65 bits per heavy atom. The lowest BCUT2D eigenvalue weighted by atomic mass is 10.1. The first-order chi connectivity index (χ1) is 12.1. The van der Waals surface area contributed by atoms with Crippen molar-refractivity contribution in [2.75, 3.05) is 0 Å². The molecule has 1 aliphatic heterocycles. The van der Waals surface area contributed by atoms with Crippen LogP contribution in [0.4, 0.5) is 22.0 Å². The third-order valence-electron chi connectivity index (χ3n) is 3.32. The van der Waals surface area contributed by atoms with Gasteiger partial charge in [-0.3, -0.25) is 9.59 Å². The molecular weight excluding hydrogens is 371 g/mol. The number of nitrogens with zero attached hydrogens (tertiary/aromatic N) is 2. The Balaban J connectivity index is 1.96. The Hall–Kier alpha value is -3.31. The van der Waals surface area contributed by atoms with Gasteiger partial charge in [-0.05, 0) is 12.1 Å². The van der Waals surface area contributed by atoms with E-state index in [0.717, 1.165) is 0 Å². The van der Waals surface area contributed by atoms with Gasteiger partial charge in [0.2, 0.25) is 11.5 Å². The first-order valence-electron chi connectivity index (χ1n) is 6.68. The zero-order chi connectivity index (χ0) is 19.2. The zero-order valence-corrected chi connectivity index (χ0v) is 12.2. The minimum Gasteiger partial charge on any atom is -0.354 e. The lowest BCUT2D eigenvalue weighted by Crippen LogP contribution is -2.33. The quantitative estimate of drug-likeness (QED) is 0.604. The molecule has 7 nitrogen and oxygen atoms in total. The summed E-state index contributed by atoms with van der Waals surface area (Å²) in [4.78, 5) is 40.4. The predicted molar refractivity (Wildman–Crippen MR) is 68.8 cm³/mol. The number of alkyl halides is 5. The molecule has 12 heteroatoms. The molecule has 2 aromatic rings. The average Bonchev–Trinajstić information content (AvgIpc) is 3.12. The number of halogens is 5. The van der Waals surface area contributed by atoms with Gasteiger partial charge >= 0.3 is 12.1 Å². The number of carbonyl (C=O) groups is 3. The highest BCUT2D eigenvalue weighted by molar-refractivity contribution is 6.21. The second kappa shape index (κ2) is 5.89. The van der Waals surface area contributed by atoms with E-state index in [2.05, 4.69) is 14.5 Å². The number of benzene rings is 1. The molecule has 0 atom stereocenters. The number of fused-ring (bicyclic) bond motifs is 1. The molecule has 0 saturated carbocycles. The van der Waals surface area contributed by atoms with Gasteiger partial charge in [-0.15, -0.1) is 0 Å². The second-order valence-corrected chi connectivity index (χ2v) is 4.90. The summed E-state index contributed by atoms with van der Waals surface area (Å²) in [6.07, 6.45) is -8.93. The van der Waals surface area contributed by atoms with E-state index in [9.17, 15) is 36.3 Å². The van der Waals surface area contributed by atoms with Crippen LogP contribution in [0.5, 0.6) is 0 Å². The number of amides is 2. The predicted octanol–water partition coefficient (Wildman–Crippen LogP) is 3.00. The highest BCUT2D eigenvalue weighted by Gasteiger charge is 2.46. The van der Waals surface area contributed by atoms with E-state index in [-0.39, 0.29) is 16.2 Å². The molecule has 26 heavy (non-hydrogen) atoms. The van der Waals surface area contributed by atoms with Crippen LogP contribution < -0.4 is 0 Å². The van der Waals surface area contributed by atoms with Crippen LogP contribution in [0, 0.1) is 0 Å². The molecule has 1 aromatic heterocycles. The highest BCUT2D eigenvalue weighted by Crippen LogP contribution is 2.36. The van der Waals surface area contributed by atoms with Gasteiger partial charge in [0, 0.05) is 0 Å². The largest absolute Gasteiger partial charge is 0.437 e. The van der Waals surface area contributed by atoms with E-state index in [1.165, 1.54) is 24.3 Å². The van der Waals surface area contributed by atoms with Gasteiger partial charge in [0.05, 0.1) is 11.1 Å². The third-order valence-corrected chi connectivity index (χ3v) is 3.32. The Morgan fingerprint density at radius 3 is 2.12 bits per heavy atom. The van der Waals surface area contributed by atoms with E-state index in [4.69, 9.17) is 0 Å². The summed E-state index contributed by atoms with van der Waals surface area (Å²) in [5.74, 6) is -6.01. The third kappa shape index (κ3) is 2.68. The zero-order valence-electron chi connectivity index (χ0n) is 12.2. The fraction of sp³-hybridized carbons (Fsp3) is 0.143. The van der Waals surface area contributed by atoms with Crippen molar-refractivity contribution in [1.82, 2.24) is 10.2 Å². The normalized spacial score (nSPS) is 14.2. The van der Waals surface area contributed by atoms with E-state index in [1.807, 2.05) is 0 Å². The molecule has 0 spiro atoms. The summed E-state index contributed by atoms with van der Waals surface area (Å²) in [6, 6.07) is 5.22. The molecule has 0 N–H and O–H groups in total. The Kier molecular flexibility index (Phi) is 3.97. The van der Waals surface area contributed by atoms with Crippen molar-refractivity contribution in [3.8, 4) is 0 Å². The molecule has 0 fully saturated rings. The first-order valence-corrected chi connectivity index (χ1v) is 6.68. The highest BCUT2D eigenvalue weighted by atomic mass is 19.4. The van der Waals surface area contributed by atoms with Crippen molar-refractivity contribution in [2.24, 2.45) is 0 Å². The average molecular weight is 376 g/mol. The van der Waals surface area contributed by atoms with Gasteiger partial charge in [0.25, 0.3) is 18.2 Å². The van der Waals surface area contributed by atoms with Crippen LogP contribution in [0.25, 0.3) is 0 Å². The van der Waals surface area contributed by atoms with Crippen molar-refractivity contribution in [3.63, 3.8) is 0 Å². The van der Waals surface area contributed by atoms with Crippen LogP contribution >= 0.6 is 0 Å². The van der Waals surface area contributed by atoms with Gasteiger partial charge in [-0.2, -0.15) is 13.2 Å². The summed E-state index contributed by atoms with van der Waals surface area (Å²) in [7, 11) is 0. The number of hydrogen-bond acceptors (Lipinski definition) is 6. The Labute approximate surface area is 139 Å². The molecule has 1 aromatic carbocycles. The monoisotopic (exact) mass is 376 g/mol. The fourth-order valence-electron chi connectivity index (χ4n) is 2.22. The number of hydroxylamine groups is 2. The number of imide groups is 1. The molecule has 2 heterocycles. The molecule has 0 bridgehead atoms. The minimum absolute atomic E-state index is 0.116. The number of carbonyl (C=O) groups excluding carboxylic acids is 3. The molecule has 1 aliphatic rings. The summed E-state index contributed by atoms with van der Waals surface area (Å²) in [6.45, 7) is 0. The second-order valence-electron chi connectivity index (χ2n) is 4.90. The van der Waals surface area contributed by atoms with Crippen LogP contribution in [-0.4, -0.2) is 28.0 Å². The fourth-order valence-corrected chi connectivity index (χ4v) is 2.22. The number of hydrogen-bond donors (Lipinski definition) is 0.